The highest BCUT2D eigenvalue weighted by Gasteiger charge is 2.09. The van der Waals surface area contributed by atoms with Crippen LogP contribution in [-0.4, -0.2) is 32.1 Å². The Labute approximate surface area is 98.2 Å². The third kappa shape index (κ3) is 2.76. The van der Waals surface area contributed by atoms with E-state index < -0.39 is 0 Å². The molecule has 0 spiro atoms. The van der Waals surface area contributed by atoms with Crippen LogP contribution < -0.4 is 4.74 Å². The average Bonchev–Trinajstić information content (AvgIpc) is 2.40. The Morgan fingerprint density at radius 2 is 1.94 bits per heavy atom. The van der Waals surface area contributed by atoms with Gasteiger partial charge >= 0.3 is 0 Å². The molecule has 2 heteroatoms. The smallest absolute Gasteiger partial charge is 0.119 e. The van der Waals surface area contributed by atoms with Crippen molar-refractivity contribution in [2.45, 2.75) is 25.7 Å². The summed E-state index contributed by atoms with van der Waals surface area (Å²) in [6.07, 6.45) is 4.96. The Morgan fingerprint density at radius 3 is 2.75 bits per heavy atom. The molecule has 1 aromatic rings. The van der Waals surface area contributed by atoms with Crippen LogP contribution in [0.4, 0.5) is 0 Å². The van der Waals surface area contributed by atoms with Crippen LogP contribution in [-0.2, 0) is 12.8 Å². The minimum atomic E-state index is 0.987. The van der Waals surface area contributed by atoms with Gasteiger partial charge in [-0.05, 0) is 62.5 Å². The third-order valence-electron chi connectivity index (χ3n) is 3.41. The van der Waals surface area contributed by atoms with Crippen LogP contribution in [0.5, 0.6) is 5.75 Å². The quantitative estimate of drug-likeness (QED) is 0.719. The summed E-state index contributed by atoms with van der Waals surface area (Å²) in [4.78, 5) is 2.43. The van der Waals surface area contributed by atoms with E-state index in [1.807, 2.05) is 0 Å². The molecule has 0 atom stereocenters. The number of fused-ring (bicyclic) bond motifs is 1. The molecule has 1 aliphatic heterocycles. The van der Waals surface area contributed by atoms with Gasteiger partial charge in [0, 0.05) is 6.54 Å². The molecule has 0 aliphatic carbocycles. The predicted molar refractivity (Wildman–Crippen MR) is 67.1 cm³/mol. The third-order valence-corrected chi connectivity index (χ3v) is 3.41. The molecule has 0 aromatic heterocycles. The molecular weight excluding hydrogens is 198 g/mol. The van der Waals surface area contributed by atoms with Crippen molar-refractivity contribution in [1.29, 1.82) is 0 Å². The van der Waals surface area contributed by atoms with Crippen molar-refractivity contribution in [1.82, 2.24) is 4.90 Å². The highest BCUT2D eigenvalue weighted by molar-refractivity contribution is 5.36. The normalized spacial score (nSPS) is 18.1. The maximum atomic E-state index is 5.30. The molecular formula is C14H21NO. The minimum absolute atomic E-state index is 0.987. The molecule has 1 aliphatic rings. The first-order valence-electron chi connectivity index (χ1n) is 6.14. The van der Waals surface area contributed by atoms with Crippen LogP contribution in [0.25, 0.3) is 0 Å². The Kier molecular flexibility index (Phi) is 3.83. The van der Waals surface area contributed by atoms with Crippen molar-refractivity contribution in [2.75, 3.05) is 27.2 Å². The van der Waals surface area contributed by atoms with Crippen molar-refractivity contribution < 1.29 is 4.74 Å². The van der Waals surface area contributed by atoms with E-state index >= 15 is 0 Å². The summed E-state index contributed by atoms with van der Waals surface area (Å²) in [7, 11) is 3.95. The van der Waals surface area contributed by atoms with Crippen LogP contribution in [0.1, 0.15) is 24.0 Å². The second kappa shape index (κ2) is 5.35. The Bertz CT molecular complexity index is 349. The van der Waals surface area contributed by atoms with Gasteiger partial charge in [0.05, 0.1) is 7.11 Å². The van der Waals surface area contributed by atoms with Crippen molar-refractivity contribution in [3.63, 3.8) is 0 Å². The second-order valence-corrected chi connectivity index (χ2v) is 4.65. The number of rotatable bonds is 1. The summed E-state index contributed by atoms with van der Waals surface area (Å²) in [5, 5.41) is 0. The zero-order chi connectivity index (χ0) is 11.4. The number of nitrogens with zero attached hydrogens (tertiary/aromatic N) is 1. The van der Waals surface area contributed by atoms with E-state index in [0.717, 1.165) is 18.7 Å². The molecule has 1 aromatic carbocycles. The highest BCUT2D eigenvalue weighted by atomic mass is 16.5. The van der Waals surface area contributed by atoms with Gasteiger partial charge in [-0.15, -0.1) is 0 Å². The van der Waals surface area contributed by atoms with Gasteiger partial charge in [0.2, 0.25) is 0 Å². The average molecular weight is 219 g/mol. The summed E-state index contributed by atoms with van der Waals surface area (Å²) in [5.74, 6) is 0.987. The van der Waals surface area contributed by atoms with Crippen LogP contribution in [0.3, 0.4) is 0 Å². The van der Waals surface area contributed by atoms with Gasteiger partial charge in [0.1, 0.15) is 5.75 Å². The standard InChI is InChI=1S/C14H21NO/c1-15-9-4-3-5-12-6-7-14(16-2)11-13(12)8-10-15/h6-7,11H,3-5,8-10H2,1-2H3. The lowest BCUT2D eigenvalue weighted by molar-refractivity contribution is 0.333. The van der Waals surface area contributed by atoms with E-state index in [1.165, 1.54) is 36.9 Å². The minimum Gasteiger partial charge on any atom is -0.497 e. The zero-order valence-corrected chi connectivity index (χ0v) is 10.3. The fraction of sp³-hybridized carbons (Fsp3) is 0.571. The maximum Gasteiger partial charge on any atom is 0.119 e. The van der Waals surface area contributed by atoms with Crippen LogP contribution in [0, 0.1) is 0 Å². The SMILES string of the molecule is COc1ccc2c(c1)CCN(C)CCCC2. The number of ether oxygens (including phenoxy) is 1. The number of hydrogen-bond acceptors (Lipinski definition) is 2. The molecule has 2 rings (SSSR count). The van der Waals surface area contributed by atoms with Crippen molar-refractivity contribution in [2.24, 2.45) is 0 Å². The van der Waals surface area contributed by atoms with Gasteiger partial charge in [-0.1, -0.05) is 6.07 Å². The number of likely N-dealkylation sites (N-methyl/N-ethyl adjacent to an activating group) is 1. The summed E-state index contributed by atoms with van der Waals surface area (Å²) < 4.78 is 5.30. The zero-order valence-electron chi connectivity index (χ0n) is 10.3. The van der Waals surface area contributed by atoms with E-state index in [4.69, 9.17) is 4.74 Å². The number of methoxy groups -OCH3 is 1. The summed E-state index contributed by atoms with van der Waals surface area (Å²) in [6, 6.07) is 6.52. The topological polar surface area (TPSA) is 12.5 Å². The molecule has 0 unspecified atom stereocenters. The van der Waals surface area contributed by atoms with E-state index in [-0.39, 0.29) is 0 Å². The van der Waals surface area contributed by atoms with E-state index in [1.54, 1.807) is 7.11 Å². The second-order valence-electron chi connectivity index (χ2n) is 4.65. The predicted octanol–water partition coefficient (Wildman–Crippen LogP) is 2.51. The first kappa shape index (κ1) is 11.5. The van der Waals surface area contributed by atoms with Gasteiger partial charge in [-0.3, -0.25) is 0 Å². The van der Waals surface area contributed by atoms with Gasteiger partial charge < -0.3 is 9.64 Å². The molecule has 88 valence electrons. The Hall–Kier alpha value is -1.02. The largest absolute Gasteiger partial charge is 0.497 e. The van der Waals surface area contributed by atoms with Crippen LogP contribution in [0.15, 0.2) is 18.2 Å². The molecule has 1 heterocycles. The molecule has 0 bridgehead atoms. The molecule has 0 saturated heterocycles. The summed E-state index contributed by atoms with van der Waals surface area (Å²) in [6.45, 7) is 2.38. The van der Waals surface area contributed by atoms with Gasteiger partial charge in [-0.2, -0.15) is 0 Å². The molecule has 0 fully saturated rings. The lowest BCUT2D eigenvalue weighted by atomic mass is 10.00. The fourth-order valence-corrected chi connectivity index (χ4v) is 2.33. The molecule has 0 saturated carbocycles. The monoisotopic (exact) mass is 219 g/mol. The molecule has 0 amide bonds. The maximum absolute atomic E-state index is 5.30. The number of benzene rings is 1. The highest BCUT2D eigenvalue weighted by Crippen LogP contribution is 2.21. The molecule has 0 radical (unpaired) electrons. The van der Waals surface area contributed by atoms with E-state index in [9.17, 15) is 0 Å². The fourth-order valence-electron chi connectivity index (χ4n) is 2.33. The van der Waals surface area contributed by atoms with Gasteiger partial charge in [0.25, 0.3) is 0 Å². The summed E-state index contributed by atoms with van der Waals surface area (Å²) in [5.41, 5.74) is 2.98. The van der Waals surface area contributed by atoms with Crippen LogP contribution >= 0.6 is 0 Å². The lowest BCUT2D eigenvalue weighted by Gasteiger charge is -2.15. The van der Waals surface area contributed by atoms with Crippen LogP contribution in [0.2, 0.25) is 0 Å². The van der Waals surface area contributed by atoms with E-state index in [2.05, 4.69) is 30.1 Å². The molecule has 2 nitrogen and oxygen atoms in total. The summed E-state index contributed by atoms with van der Waals surface area (Å²) >= 11 is 0. The van der Waals surface area contributed by atoms with Crippen molar-refractivity contribution in [3.8, 4) is 5.75 Å². The Balaban J connectivity index is 2.21. The van der Waals surface area contributed by atoms with E-state index in [0.29, 0.717) is 0 Å². The number of aryl methyl sites for hydroxylation is 1. The van der Waals surface area contributed by atoms with Gasteiger partial charge in [-0.25, -0.2) is 0 Å². The first-order chi connectivity index (χ1) is 7.79. The first-order valence-corrected chi connectivity index (χ1v) is 6.14. The van der Waals surface area contributed by atoms with Crippen molar-refractivity contribution >= 4 is 0 Å². The molecule has 16 heavy (non-hydrogen) atoms. The Morgan fingerprint density at radius 1 is 1.06 bits per heavy atom. The molecule has 0 N–H and O–H groups in total. The van der Waals surface area contributed by atoms with Crippen molar-refractivity contribution in [3.05, 3.63) is 29.3 Å². The number of hydrogen-bond donors (Lipinski definition) is 0. The lowest BCUT2D eigenvalue weighted by Crippen LogP contribution is -2.21. The van der Waals surface area contributed by atoms with Gasteiger partial charge in [0.15, 0.2) is 0 Å².